The lowest BCUT2D eigenvalue weighted by molar-refractivity contribution is -0.123. The Bertz CT molecular complexity index is 1300. The van der Waals surface area contributed by atoms with Gasteiger partial charge in [-0.25, -0.2) is 8.78 Å². The van der Waals surface area contributed by atoms with Gasteiger partial charge in [0.25, 0.3) is 11.8 Å². The fraction of sp³-hybridized carbons (Fsp3) is 0.231. The normalized spacial score (nSPS) is 19.1. The molecule has 34 heavy (non-hydrogen) atoms. The summed E-state index contributed by atoms with van der Waals surface area (Å²) in [5.74, 6) is -1.18. The van der Waals surface area contributed by atoms with E-state index in [9.17, 15) is 18.4 Å². The second-order valence-corrected chi connectivity index (χ2v) is 9.63. The Kier molecular flexibility index (Phi) is 5.56. The van der Waals surface area contributed by atoms with Crippen LogP contribution in [0.15, 0.2) is 60.7 Å². The smallest absolute Gasteiger partial charge is 0.268 e. The van der Waals surface area contributed by atoms with Crippen molar-refractivity contribution in [1.29, 1.82) is 0 Å². The zero-order valence-corrected chi connectivity index (χ0v) is 19.5. The van der Waals surface area contributed by atoms with E-state index in [2.05, 4.69) is 0 Å². The summed E-state index contributed by atoms with van der Waals surface area (Å²) in [4.78, 5) is 29.6. The van der Waals surface area contributed by atoms with Gasteiger partial charge >= 0.3 is 0 Å². The molecule has 0 radical (unpaired) electrons. The number of hydrogen-bond donors (Lipinski definition) is 0. The molecule has 0 aromatic heterocycles. The van der Waals surface area contributed by atoms with Crippen molar-refractivity contribution in [3.05, 3.63) is 94.6 Å². The van der Waals surface area contributed by atoms with Crippen molar-refractivity contribution in [3.8, 4) is 5.75 Å². The largest absolute Gasteiger partial charge is 0.497 e. The fourth-order valence-corrected chi connectivity index (χ4v) is 6.05. The van der Waals surface area contributed by atoms with Gasteiger partial charge in [-0.15, -0.1) is 11.8 Å². The third-order valence-corrected chi connectivity index (χ3v) is 7.68. The highest BCUT2D eigenvalue weighted by atomic mass is 32.2. The molecular weight excluding hydrogens is 458 g/mol. The number of rotatable bonds is 4. The van der Waals surface area contributed by atoms with Crippen molar-refractivity contribution in [1.82, 2.24) is 4.90 Å². The average molecular weight is 481 g/mol. The third kappa shape index (κ3) is 3.44. The first-order chi connectivity index (χ1) is 16.3. The highest BCUT2D eigenvalue weighted by molar-refractivity contribution is 8.01. The van der Waals surface area contributed by atoms with Gasteiger partial charge < -0.3 is 14.5 Å². The summed E-state index contributed by atoms with van der Waals surface area (Å²) in [6, 6.07) is 16.1. The molecule has 0 unspecified atom stereocenters. The number of aryl methyl sites for hydroxylation is 1. The van der Waals surface area contributed by atoms with Crippen LogP contribution in [0.2, 0.25) is 0 Å². The van der Waals surface area contributed by atoms with E-state index in [-0.39, 0.29) is 18.4 Å². The zero-order valence-electron chi connectivity index (χ0n) is 18.7. The monoisotopic (exact) mass is 480 g/mol. The third-order valence-electron chi connectivity index (χ3n) is 6.26. The lowest BCUT2D eigenvalue weighted by Crippen LogP contribution is -2.50. The van der Waals surface area contributed by atoms with Crippen LogP contribution < -0.4 is 9.64 Å². The summed E-state index contributed by atoms with van der Waals surface area (Å²) in [5.41, 5.74) is 3.30. The Morgan fingerprint density at radius 1 is 1.06 bits per heavy atom. The van der Waals surface area contributed by atoms with Crippen LogP contribution in [0.5, 0.6) is 5.75 Å². The molecule has 1 atom stereocenters. The number of anilines is 1. The molecule has 2 heterocycles. The summed E-state index contributed by atoms with van der Waals surface area (Å²) >= 11 is 1.43. The molecule has 2 aliphatic rings. The van der Waals surface area contributed by atoms with Gasteiger partial charge in [0.1, 0.15) is 5.75 Å². The van der Waals surface area contributed by atoms with E-state index in [1.165, 1.54) is 17.8 Å². The maximum absolute atomic E-state index is 14.0. The molecule has 2 amide bonds. The first kappa shape index (κ1) is 22.4. The standard InChI is InChI=1S/C26H22F2N2O3S/c1-16-3-10-23-20(13-16)26(25(32)29(23)15-17-4-9-21(27)22(28)14-17)30(11-12-34-26)24(31)18-5-7-19(33-2)8-6-18/h3-10,13-14H,11-12,15H2,1-2H3/t26-/m1/s1. The molecular formula is C26H22F2N2O3S. The molecule has 8 heteroatoms. The van der Waals surface area contributed by atoms with Gasteiger partial charge in [-0.1, -0.05) is 23.8 Å². The van der Waals surface area contributed by atoms with Crippen molar-refractivity contribution in [3.63, 3.8) is 0 Å². The number of nitrogens with zero attached hydrogens (tertiary/aromatic N) is 2. The van der Waals surface area contributed by atoms with Crippen LogP contribution in [0.1, 0.15) is 27.0 Å². The van der Waals surface area contributed by atoms with Gasteiger partial charge in [0.15, 0.2) is 16.5 Å². The van der Waals surface area contributed by atoms with Gasteiger partial charge in [0.2, 0.25) is 0 Å². The van der Waals surface area contributed by atoms with Crippen molar-refractivity contribution in [2.75, 3.05) is 24.3 Å². The SMILES string of the molecule is COc1ccc(C(=O)N2CCS[C@]23C(=O)N(Cc2ccc(F)c(F)c2)c2ccc(C)cc23)cc1. The van der Waals surface area contributed by atoms with Crippen LogP contribution in [0.3, 0.4) is 0 Å². The van der Waals surface area contributed by atoms with Gasteiger partial charge in [-0.05, 0) is 55.0 Å². The minimum Gasteiger partial charge on any atom is -0.497 e. The number of ether oxygens (including phenoxy) is 1. The van der Waals surface area contributed by atoms with Gasteiger partial charge in [0.05, 0.1) is 19.3 Å². The summed E-state index contributed by atoms with van der Waals surface area (Å²) in [6.07, 6.45) is 0. The maximum Gasteiger partial charge on any atom is 0.268 e. The molecule has 5 rings (SSSR count). The Balaban J connectivity index is 1.57. The number of amides is 2. The first-order valence-electron chi connectivity index (χ1n) is 10.8. The second-order valence-electron chi connectivity index (χ2n) is 8.34. The number of carbonyl (C=O) groups excluding carboxylic acids is 2. The van der Waals surface area contributed by atoms with E-state index in [0.29, 0.717) is 34.9 Å². The van der Waals surface area contributed by atoms with E-state index in [1.54, 1.807) is 41.2 Å². The maximum atomic E-state index is 14.0. The molecule has 0 bridgehead atoms. The van der Waals surface area contributed by atoms with Crippen molar-refractivity contribution >= 4 is 29.3 Å². The minimum absolute atomic E-state index is 0.0684. The Morgan fingerprint density at radius 3 is 2.53 bits per heavy atom. The van der Waals surface area contributed by atoms with Crippen LogP contribution in [0.4, 0.5) is 14.5 Å². The average Bonchev–Trinajstić information content (AvgIpc) is 3.38. The number of carbonyl (C=O) groups is 2. The topological polar surface area (TPSA) is 49.9 Å². The Morgan fingerprint density at radius 2 is 1.82 bits per heavy atom. The molecule has 5 nitrogen and oxygen atoms in total. The number of halogens is 2. The first-order valence-corrected chi connectivity index (χ1v) is 11.8. The van der Waals surface area contributed by atoms with Gasteiger partial charge in [-0.2, -0.15) is 0 Å². The predicted molar refractivity (Wildman–Crippen MR) is 127 cm³/mol. The fourth-order valence-electron chi connectivity index (χ4n) is 4.60. The van der Waals surface area contributed by atoms with Crippen molar-refractivity contribution in [2.45, 2.75) is 18.3 Å². The summed E-state index contributed by atoms with van der Waals surface area (Å²) in [7, 11) is 1.56. The van der Waals surface area contributed by atoms with Crippen molar-refractivity contribution < 1.29 is 23.1 Å². The van der Waals surface area contributed by atoms with Gasteiger partial charge in [0, 0.05) is 23.4 Å². The lowest BCUT2D eigenvalue weighted by atomic mass is 10.0. The molecule has 1 fully saturated rings. The molecule has 0 aliphatic carbocycles. The van der Waals surface area contributed by atoms with E-state index < -0.39 is 16.5 Å². The van der Waals surface area contributed by atoms with Gasteiger partial charge in [-0.3, -0.25) is 9.59 Å². The van der Waals surface area contributed by atoms with Crippen LogP contribution >= 0.6 is 11.8 Å². The van der Waals surface area contributed by atoms with Crippen LogP contribution in [-0.4, -0.2) is 36.1 Å². The zero-order chi connectivity index (χ0) is 24.0. The van der Waals surface area contributed by atoms with E-state index in [0.717, 1.165) is 23.3 Å². The molecule has 0 N–H and O–H groups in total. The van der Waals surface area contributed by atoms with Crippen LogP contribution in [0.25, 0.3) is 0 Å². The number of benzene rings is 3. The predicted octanol–water partition coefficient (Wildman–Crippen LogP) is 4.87. The Labute approximate surface area is 200 Å². The molecule has 1 spiro atoms. The molecule has 3 aromatic carbocycles. The minimum atomic E-state index is -1.21. The number of hydrogen-bond acceptors (Lipinski definition) is 4. The quantitative estimate of drug-likeness (QED) is 0.535. The second kappa shape index (κ2) is 8.43. The number of fused-ring (bicyclic) bond motifs is 2. The van der Waals surface area contributed by atoms with Crippen molar-refractivity contribution in [2.24, 2.45) is 0 Å². The van der Waals surface area contributed by atoms with Crippen LogP contribution in [0, 0.1) is 18.6 Å². The Hall–Kier alpha value is -3.39. The highest BCUT2D eigenvalue weighted by Crippen LogP contribution is 2.55. The molecule has 0 saturated carbocycles. The van der Waals surface area contributed by atoms with E-state index in [1.807, 2.05) is 25.1 Å². The highest BCUT2D eigenvalue weighted by Gasteiger charge is 2.59. The molecule has 3 aromatic rings. The summed E-state index contributed by atoms with van der Waals surface area (Å²) in [6.45, 7) is 2.42. The molecule has 2 aliphatic heterocycles. The summed E-state index contributed by atoms with van der Waals surface area (Å²) < 4.78 is 32.5. The lowest BCUT2D eigenvalue weighted by Gasteiger charge is -2.33. The van der Waals surface area contributed by atoms with E-state index >= 15 is 0 Å². The number of thioether (sulfide) groups is 1. The number of methoxy groups -OCH3 is 1. The molecule has 1 saturated heterocycles. The summed E-state index contributed by atoms with van der Waals surface area (Å²) in [5, 5.41) is 0. The van der Waals surface area contributed by atoms with E-state index in [4.69, 9.17) is 4.74 Å². The molecule has 174 valence electrons. The van der Waals surface area contributed by atoms with Crippen LogP contribution in [-0.2, 0) is 16.2 Å².